The van der Waals surface area contributed by atoms with Gasteiger partial charge in [-0.05, 0) is 40.9 Å². The second-order valence-electron chi connectivity index (χ2n) is 5.78. The topological polar surface area (TPSA) is 80.0 Å². The largest absolute Gasteiger partial charge is 0.352 e. The van der Waals surface area contributed by atoms with Gasteiger partial charge in [-0.15, -0.1) is 11.3 Å². The van der Waals surface area contributed by atoms with Gasteiger partial charge in [0.2, 0.25) is 17.6 Å². The number of rotatable bonds is 5. The van der Waals surface area contributed by atoms with Crippen LogP contribution in [0.4, 0.5) is 0 Å². The van der Waals surface area contributed by atoms with Gasteiger partial charge in [-0.1, -0.05) is 12.1 Å². The van der Waals surface area contributed by atoms with Crippen molar-refractivity contribution in [2.75, 3.05) is 13.1 Å². The molecule has 0 radical (unpaired) electrons. The Bertz CT molecular complexity index is 672. The predicted molar refractivity (Wildman–Crippen MR) is 92.2 cm³/mol. The number of aromatic nitrogens is 2. The minimum atomic E-state index is 0.0316. The molecular weight excluding hydrogens is 380 g/mol. The lowest BCUT2D eigenvalue weighted by molar-refractivity contribution is -0.122. The highest BCUT2D eigenvalue weighted by molar-refractivity contribution is 9.10. The van der Waals surface area contributed by atoms with E-state index >= 15 is 0 Å². The highest BCUT2D eigenvalue weighted by Crippen LogP contribution is 2.27. The van der Waals surface area contributed by atoms with E-state index in [4.69, 9.17) is 4.52 Å². The summed E-state index contributed by atoms with van der Waals surface area (Å²) in [4.78, 5) is 17.4. The van der Waals surface area contributed by atoms with Crippen molar-refractivity contribution in [3.63, 3.8) is 0 Å². The van der Waals surface area contributed by atoms with Crippen molar-refractivity contribution in [2.24, 2.45) is 5.92 Å². The van der Waals surface area contributed by atoms with Crippen molar-refractivity contribution >= 4 is 33.2 Å². The van der Waals surface area contributed by atoms with Gasteiger partial charge in [-0.2, -0.15) is 4.98 Å². The molecule has 2 N–H and O–H groups in total. The third kappa shape index (κ3) is 4.39. The second-order valence-corrected chi connectivity index (χ2v) is 7.61. The molecule has 1 fully saturated rings. The first kappa shape index (κ1) is 16.6. The summed E-state index contributed by atoms with van der Waals surface area (Å²) < 4.78 is 6.23. The van der Waals surface area contributed by atoms with E-state index in [9.17, 15) is 4.79 Å². The maximum atomic E-state index is 12.1. The Hall–Kier alpha value is -1.25. The highest BCUT2D eigenvalue weighted by atomic mass is 79.9. The quantitative estimate of drug-likeness (QED) is 0.808. The lowest BCUT2D eigenvalue weighted by Crippen LogP contribution is -2.50. The van der Waals surface area contributed by atoms with E-state index in [-0.39, 0.29) is 11.9 Å². The second kappa shape index (κ2) is 7.55. The lowest BCUT2D eigenvalue weighted by Gasteiger charge is -2.30. The maximum absolute atomic E-state index is 12.1. The Morgan fingerprint density at radius 2 is 2.48 bits per heavy atom. The Kier molecular flexibility index (Phi) is 5.45. The molecule has 6 nitrogen and oxygen atoms in total. The Morgan fingerprint density at radius 3 is 3.22 bits per heavy atom. The van der Waals surface area contributed by atoms with E-state index in [2.05, 4.69) is 43.6 Å². The van der Waals surface area contributed by atoms with Gasteiger partial charge in [-0.25, -0.2) is 0 Å². The number of thiophene rings is 1. The van der Waals surface area contributed by atoms with E-state index in [0.29, 0.717) is 30.5 Å². The Balaban J connectivity index is 1.50. The van der Waals surface area contributed by atoms with E-state index < -0.39 is 0 Å². The van der Waals surface area contributed by atoms with Crippen LogP contribution >= 0.6 is 27.3 Å². The summed E-state index contributed by atoms with van der Waals surface area (Å²) in [5.74, 6) is 1.60. The smallest absolute Gasteiger partial charge is 0.227 e. The van der Waals surface area contributed by atoms with Gasteiger partial charge in [0.1, 0.15) is 0 Å². The summed E-state index contributed by atoms with van der Waals surface area (Å²) in [6, 6.07) is 2.15. The highest BCUT2D eigenvalue weighted by Gasteiger charge is 2.22. The van der Waals surface area contributed by atoms with Crippen LogP contribution in [-0.4, -0.2) is 35.2 Å². The lowest BCUT2D eigenvalue weighted by atomic mass is 9.95. The van der Waals surface area contributed by atoms with Crippen molar-refractivity contribution in [1.82, 2.24) is 20.8 Å². The number of carbonyl (C=O) groups is 1. The van der Waals surface area contributed by atoms with Crippen molar-refractivity contribution < 1.29 is 9.32 Å². The molecule has 23 heavy (non-hydrogen) atoms. The summed E-state index contributed by atoms with van der Waals surface area (Å²) >= 11 is 4.95. The zero-order valence-corrected chi connectivity index (χ0v) is 15.2. The Morgan fingerprint density at radius 1 is 1.61 bits per heavy atom. The molecule has 1 aliphatic rings. The van der Waals surface area contributed by atoms with Crippen LogP contribution in [0.2, 0.25) is 0 Å². The monoisotopic (exact) mass is 398 g/mol. The summed E-state index contributed by atoms with van der Waals surface area (Å²) in [6.07, 6.45) is 1.91. The van der Waals surface area contributed by atoms with Crippen LogP contribution in [0.1, 0.15) is 25.7 Å². The molecule has 2 unspecified atom stereocenters. The third-order valence-corrected chi connectivity index (χ3v) is 5.68. The molecule has 1 saturated heterocycles. The van der Waals surface area contributed by atoms with Crippen molar-refractivity contribution in [3.8, 4) is 10.7 Å². The maximum Gasteiger partial charge on any atom is 0.227 e. The zero-order chi connectivity index (χ0) is 16.2. The number of nitrogens with one attached hydrogen (secondary N) is 2. The number of halogens is 1. The third-order valence-electron chi connectivity index (χ3n) is 4.00. The number of hydrogen-bond donors (Lipinski definition) is 2. The number of hydrogen-bond acceptors (Lipinski definition) is 6. The molecule has 0 spiro atoms. The van der Waals surface area contributed by atoms with Crippen LogP contribution in [0.25, 0.3) is 10.7 Å². The number of aryl methyl sites for hydroxylation is 1. The molecule has 2 atom stereocenters. The van der Waals surface area contributed by atoms with Crippen LogP contribution in [-0.2, 0) is 11.2 Å². The number of carbonyl (C=O) groups excluding carboxylic acids is 1. The number of nitrogens with zero attached hydrogens (tertiary/aromatic N) is 2. The van der Waals surface area contributed by atoms with Crippen LogP contribution in [0.15, 0.2) is 20.4 Å². The Labute approximate surface area is 147 Å². The average Bonchev–Trinajstić information content (AvgIpc) is 3.16. The molecule has 1 aliphatic heterocycles. The molecule has 0 aliphatic carbocycles. The minimum Gasteiger partial charge on any atom is -0.352 e. The number of piperidine rings is 1. The molecule has 8 heteroatoms. The normalized spacial score (nSPS) is 21.3. The van der Waals surface area contributed by atoms with E-state index in [1.54, 1.807) is 11.3 Å². The molecule has 3 rings (SSSR count). The van der Waals surface area contributed by atoms with Crippen LogP contribution in [0, 0.1) is 5.92 Å². The molecule has 124 valence electrons. The minimum absolute atomic E-state index is 0.0316. The fourth-order valence-corrected chi connectivity index (χ4v) is 3.92. The zero-order valence-electron chi connectivity index (χ0n) is 12.8. The summed E-state index contributed by atoms with van der Waals surface area (Å²) in [6.45, 7) is 4.04. The van der Waals surface area contributed by atoms with Gasteiger partial charge in [0.25, 0.3) is 0 Å². The number of amides is 1. The van der Waals surface area contributed by atoms with Gasteiger partial charge >= 0.3 is 0 Å². The molecule has 0 bridgehead atoms. The molecule has 2 aromatic heterocycles. The van der Waals surface area contributed by atoms with Gasteiger partial charge in [0.05, 0.1) is 4.88 Å². The van der Waals surface area contributed by atoms with E-state index in [1.807, 2.05) is 11.4 Å². The van der Waals surface area contributed by atoms with Crippen molar-refractivity contribution in [1.29, 1.82) is 0 Å². The molecule has 3 heterocycles. The fourth-order valence-electron chi connectivity index (χ4n) is 2.57. The van der Waals surface area contributed by atoms with Crippen molar-refractivity contribution in [3.05, 3.63) is 21.8 Å². The summed E-state index contributed by atoms with van der Waals surface area (Å²) in [5, 5.41) is 12.3. The first-order valence-electron chi connectivity index (χ1n) is 7.69. The molecule has 0 saturated carbocycles. The SMILES string of the molecule is CC1CCNCC1NC(=O)CCc1nc(-c2cc(Br)cs2)no1. The van der Waals surface area contributed by atoms with Gasteiger partial charge in [-0.3, -0.25) is 4.79 Å². The average molecular weight is 399 g/mol. The van der Waals surface area contributed by atoms with Gasteiger partial charge in [0.15, 0.2) is 0 Å². The van der Waals surface area contributed by atoms with E-state index in [1.165, 1.54) is 0 Å². The van der Waals surface area contributed by atoms with Crippen molar-refractivity contribution in [2.45, 2.75) is 32.2 Å². The van der Waals surface area contributed by atoms with Crippen LogP contribution in [0.3, 0.4) is 0 Å². The van der Waals surface area contributed by atoms with Gasteiger partial charge < -0.3 is 15.2 Å². The standard InChI is InChI=1S/C15H19BrN4O2S/c1-9-4-5-17-7-11(9)18-13(21)2-3-14-19-15(20-22-14)12-6-10(16)8-23-12/h6,8-9,11,17H,2-5,7H2,1H3,(H,18,21). The first-order chi connectivity index (χ1) is 11.1. The van der Waals surface area contributed by atoms with Crippen LogP contribution < -0.4 is 10.6 Å². The fraction of sp³-hybridized carbons (Fsp3) is 0.533. The molecular formula is C15H19BrN4O2S. The summed E-state index contributed by atoms with van der Waals surface area (Å²) in [5.41, 5.74) is 0. The van der Waals surface area contributed by atoms with Crippen LogP contribution in [0.5, 0.6) is 0 Å². The molecule has 1 amide bonds. The van der Waals surface area contributed by atoms with E-state index in [0.717, 1.165) is 28.9 Å². The first-order valence-corrected chi connectivity index (χ1v) is 9.36. The predicted octanol–water partition coefficient (Wildman–Crippen LogP) is 2.61. The molecule has 2 aromatic rings. The summed E-state index contributed by atoms with van der Waals surface area (Å²) in [7, 11) is 0. The molecule has 0 aromatic carbocycles. The van der Waals surface area contributed by atoms with Gasteiger partial charge in [0, 0.05) is 35.3 Å².